The molecule has 0 aliphatic carbocycles. The van der Waals surface area contributed by atoms with E-state index in [9.17, 15) is 0 Å². The van der Waals surface area contributed by atoms with Gasteiger partial charge in [-0.05, 0) is 46.6 Å². The summed E-state index contributed by atoms with van der Waals surface area (Å²) in [7, 11) is 1.65. The molecule has 106 valence electrons. The van der Waals surface area contributed by atoms with Gasteiger partial charge in [-0.25, -0.2) is 0 Å². The van der Waals surface area contributed by atoms with Crippen molar-refractivity contribution in [3.63, 3.8) is 0 Å². The Labute approximate surface area is 127 Å². The molecule has 2 aromatic rings. The van der Waals surface area contributed by atoms with E-state index in [1.807, 2.05) is 12.1 Å². The zero-order valence-corrected chi connectivity index (χ0v) is 13.5. The molecule has 1 aliphatic heterocycles. The molecule has 0 amide bonds. The minimum absolute atomic E-state index is 0.125. The summed E-state index contributed by atoms with van der Waals surface area (Å²) in [5.74, 6) is 0.912. The van der Waals surface area contributed by atoms with Gasteiger partial charge in [-0.2, -0.15) is 5.48 Å². The van der Waals surface area contributed by atoms with Crippen LogP contribution in [0.5, 0.6) is 5.75 Å². The average Bonchev–Trinajstić information content (AvgIpc) is 2.40. The van der Waals surface area contributed by atoms with E-state index in [-0.39, 0.29) is 11.6 Å². The summed E-state index contributed by atoms with van der Waals surface area (Å²) < 4.78 is 7.21. The lowest BCUT2D eigenvalue weighted by Gasteiger charge is -2.38. The molecule has 3 nitrogen and oxygen atoms in total. The van der Waals surface area contributed by atoms with Gasteiger partial charge in [0.05, 0.1) is 17.6 Å². The summed E-state index contributed by atoms with van der Waals surface area (Å²) in [6, 6.07) is 10.6. The molecule has 3 rings (SSSR count). The van der Waals surface area contributed by atoms with Crippen LogP contribution in [-0.4, -0.2) is 12.7 Å². The molecule has 0 spiro atoms. The van der Waals surface area contributed by atoms with Crippen LogP contribution in [0.1, 0.15) is 31.9 Å². The molecule has 0 aromatic heterocycles. The van der Waals surface area contributed by atoms with E-state index in [1.165, 1.54) is 10.8 Å². The first-order valence-corrected chi connectivity index (χ1v) is 7.50. The average molecular weight is 336 g/mol. The van der Waals surface area contributed by atoms with Crippen molar-refractivity contribution in [1.29, 1.82) is 0 Å². The highest BCUT2D eigenvalue weighted by Gasteiger charge is 2.35. The van der Waals surface area contributed by atoms with Crippen LogP contribution in [-0.2, 0) is 4.84 Å². The lowest BCUT2D eigenvalue weighted by Crippen LogP contribution is -2.39. The predicted octanol–water partition coefficient (Wildman–Crippen LogP) is 4.36. The number of hydrogen-bond acceptors (Lipinski definition) is 3. The Morgan fingerprint density at radius 2 is 2.10 bits per heavy atom. The zero-order chi connectivity index (χ0) is 14.3. The topological polar surface area (TPSA) is 30.5 Å². The minimum Gasteiger partial charge on any atom is -0.486 e. The van der Waals surface area contributed by atoms with Crippen LogP contribution in [0.25, 0.3) is 10.8 Å². The Hall–Kier alpha value is -1.10. The van der Waals surface area contributed by atoms with Crippen molar-refractivity contribution in [2.24, 2.45) is 0 Å². The predicted molar refractivity (Wildman–Crippen MR) is 83.9 cm³/mol. The van der Waals surface area contributed by atoms with E-state index in [2.05, 4.69) is 53.5 Å². The van der Waals surface area contributed by atoms with Crippen molar-refractivity contribution >= 4 is 26.7 Å². The van der Waals surface area contributed by atoms with Crippen LogP contribution in [0, 0.1) is 0 Å². The van der Waals surface area contributed by atoms with Crippen LogP contribution in [0.3, 0.4) is 0 Å². The van der Waals surface area contributed by atoms with E-state index in [0.717, 1.165) is 22.2 Å². The van der Waals surface area contributed by atoms with Crippen LogP contribution < -0.4 is 10.2 Å². The van der Waals surface area contributed by atoms with Crippen molar-refractivity contribution in [3.8, 4) is 5.75 Å². The number of halogens is 1. The number of benzene rings is 2. The highest BCUT2D eigenvalue weighted by Crippen LogP contribution is 2.46. The highest BCUT2D eigenvalue weighted by atomic mass is 79.9. The third-order valence-corrected chi connectivity index (χ3v) is 4.47. The molecule has 0 bridgehead atoms. The molecule has 2 aromatic carbocycles. The molecular weight excluding hydrogens is 318 g/mol. The Kier molecular flexibility index (Phi) is 3.48. The molecule has 0 fully saturated rings. The molecule has 1 N–H and O–H groups in total. The fourth-order valence-electron chi connectivity index (χ4n) is 2.83. The summed E-state index contributed by atoms with van der Waals surface area (Å²) in [4.78, 5) is 5.16. The van der Waals surface area contributed by atoms with Crippen molar-refractivity contribution < 1.29 is 9.57 Å². The van der Waals surface area contributed by atoms with Gasteiger partial charge in [0.15, 0.2) is 0 Å². The lowest BCUT2D eigenvalue weighted by molar-refractivity contribution is 0.00271. The zero-order valence-electron chi connectivity index (χ0n) is 11.9. The van der Waals surface area contributed by atoms with Crippen molar-refractivity contribution in [3.05, 3.63) is 40.4 Å². The van der Waals surface area contributed by atoms with Crippen molar-refractivity contribution in [1.82, 2.24) is 5.48 Å². The van der Waals surface area contributed by atoms with Crippen LogP contribution in [0.4, 0.5) is 0 Å². The van der Waals surface area contributed by atoms with Gasteiger partial charge < -0.3 is 9.57 Å². The first-order chi connectivity index (χ1) is 9.52. The molecule has 1 atom stereocenters. The fourth-order valence-corrected chi connectivity index (χ4v) is 3.51. The maximum atomic E-state index is 6.19. The third-order valence-electron chi connectivity index (χ3n) is 3.68. The van der Waals surface area contributed by atoms with Gasteiger partial charge >= 0.3 is 0 Å². The molecule has 0 saturated heterocycles. The SMILES string of the molecule is CONC1CC(C)(C)Oc2c1cc1ccccc1c2Br. The van der Waals surface area contributed by atoms with Gasteiger partial charge in [0, 0.05) is 12.0 Å². The normalized spacial score (nSPS) is 20.5. The standard InChI is InChI=1S/C16H18BrNO2/c1-16(2)9-13(18-19-3)12-8-10-6-4-5-7-11(10)14(17)15(12)20-16/h4-8,13,18H,9H2,1-3H3. The quantitative estimate of drug-likeness (QED) is 0.827. The Morgan fingerprint density at radius 3 is 2.85 bits per heavy atom. The number of hydroxylamine groups is 1. The number of rotatable bonds is 2. The maximum absolute atomic E-state index is 6.19. The molecule has 4 heteroatoms. The van der Waals surface area contributed by atoms with E-state index >= 15 is 0 Å². The highest BCUT2D eigenvalue weighted by molar-refractivity contribution is 9.10. The van der Waals surface area contributed by atoms with E-state index in [4.69, 9.17) is 9.57 Å². The molecule has 1 heterocycles. The van der Waals surface area contributed by atoms with E-state index in [0.29, 0.717) is 0 Å². The van der Waals surface area contributed by atoms with Crippen LogP contribution in [0.15, 0.2) is 34.8 Å². The number of ether oxygens (including phenoxy) is 1. The third kappa shape index (κ3) is 2.32. The Balaban J connectivity index is 2.23. The lowest BCUT2D eigenvalue weighted by atomic mass is 9.89. The van der Waals surface area contributed by atoms with Crippen LogP contribution in [0.2, 0.25) is 0 Å². The van der Waals surface area contributed by atoms with E-state index < -0.39 is 0 Å². The van der Waals surface area contributed by atoms with Gasteiger partial charge in [0.1, 0.15) is 11.4 Å². The van der Waals surface area contributed by atoms with Gasteiger partial charge in [0.25, 0.3) is 0 Å². The molecular formula is C16H18BrNO2. The Bertz CT molecular complexity index is 654. The monoisotopic (exact) mass is 335 g/mol. The number of fused-ring (bicyclic) bond motifs is 2. The second-order valence-electron chi connectivity index (χ2n) is 5.77. The fraction of sp³-hybridized carbons (Fsp3) is 0.375. The van der Waals surface area contributed by atoms with E-state index in [1.54, 1.807) is 7.11 Å². The van der Waals surface area contributed by atoms with Crippen LogP contribution >= 0.6 is 15.9 Å². The van der Waals surface area contributed by atoms with Gasteiger partial charge in [0.2, 0.25) is 0 Å². The summed E-state index contributed by atoms with van der Waals surface area (Å²) in [5, 5.41) is 2.37. The summed E-state index contributed by atoms with van der Waals surface area (Å²) in [5.41, 5.74) is 4.00. The second kappa shape index (κ2) is 5.02. The Morgan fingerprint density at radius 1 is 1.35 bits per heavy atom. The van der Waals surface area contributed by atoms with Gasteiger partial charge in [-0.1, -0.05) is 24.3 Å². The van der Waals surface area contributed by atoms with Crippen molar-refractivity contribution in [2.75, 3.05) is 7.11 Å². The second-order valence-corrected chi connectivity index (χ2v) is 6.56. The smallest absolute Gasteiger partial charge is 0.139 e. The van der Waals surface area contributed by atoms with Gasteiger partial charge in [-0.15, -0.1) is 0 Å². The summed E-state index contributed by atoms with van der Waals surface area (Å²) in [6.45, 7) is 4.20. The first-order valence-electron chi connectivity index (χ1n) is 6.70. The molecule has 0 radical (unpaired) electrons. The largest absolute Gasteiger partial charge is 0.486 e. The summed E-state index contributed by atoms with van der Waals surface area (Å²) in [6.07, 6.45) is 0.860. The minimum atomic E-state index is -0.228. The van der Waals surface area contributed by atoms with Crippen molar-refractivity contribution in [2.45, 2.75) is 31.9 Å². The maximum Gasteiger partial charge on any atom is 0.139 e. The number of nitrogens with one attached hydrogen (secondary N) is 1. The first kappa shape index (κ1) is 13.9. The number of hydrogen-bond donors (Lipinski definition) is 1. The molecule has 20 heavy (non-hydrogen) atoms. The molecule has 1 aliphatic rings. The van der Waals surface area contributed by atoms with Gasteiger partial charge in [-0.3, -0.25) is 0 Å². The molecule has 0 saturated carbocycles. The molecule has 1 unspecified atom stereocenters. The summed E-state index contributed by atoms with van der Waals surface area (Å²) >= 11 is 3.70.